The molecular formula is C23H30N2O4. The largest absolute Gasteiger partial charge is 0.493 e. The molecule has 0 bridgehead atoms. The third kappa shape index (κ3) is 6.06. The van der Waals surface area contributed by atoms with Crippen molar-refractivity contribution < 1.29 is 19.1 Å². The number of ether oxygens (including phenoxy) is 2. The lowest BCUT2D eigenvalue weighted by molar-refractivity contribution is -0.121. The summed E-state index contributed by atoms with van der Waals surface area (Å²) >= 11 is 0. The van der Waals surface area contributed by atoms with E-state index in [0.29, 0.717) is 23.6 Å². The molecule has 1 N–H and O–H groups in total. The fraction of sp³-hybridized carbons (Fsp3) is 0.391. The molecule has 0 heterocycles. The van der Waals surface area contributed by atoms with Crippen molar-refractivity contribution in [1.29, 1.82) is 0 Å². The number of hydrogen-bond donors (Lipinski definition) is 1. The molecule has 1 amide bonds. The molecule has 0 aromatic heterocycles. The van der Waals surface area contributed by atoms with Crippen LogP contribution in [-0.2, 0) is 4.79 Å². The van der Waals surface area contributed by atoms with Crippen molar-refractivity contribution in [3.8, 4) is 11.5 Å². The van der Waals surface area contributed by atoms with Gasteiger partial charge in [-0.3, -0.25) is 9.59 Å². The molecule has 1 atom stereocenters. The predicted molar refractivity (Wildman–Crippen MR) is 114 cm³/mol. The van der Waals surface area contributed by atoms with Gasteiger partial charge >= 0.3 is 0 Å². The van der Waals surface area contributed by atoms with Crippen molar-refractivity contribution in [2.75, 3.05) is 34.9 Å². The second-order valence-electron chi connectivity index (χ2n) is 7.14. The minimum absolute atomic E-state index is 0.0118. The maximum Gasteiger partial charge on any atom is 0.220 e. The molecule has 2 rings (SSSR count). The Kier molecular flexibility index (Phi) is 8.21. The Hall–Kier alpha value is -2.86. The number of amides is 1. The van der Waals surface area contributed by atoms with E-state index in [1.54, 1.807) is 20.3 Å². The van der Waals surface area contributed by atoms with Crippen LogP contribution in [0.3, 0.4) is 0 Å². The van der Waals surface area contributed by atoms with Crippen LogP contribution in [0.1, 0.15) is 40.4 Å². The zero-order chi connectivity index (χ0) is 21.4. The summed E-state index contributed by atoms with van der Waals surface area (Å²) < 4.78 is 10.7. The minimum atomic E-state index is -0.140. The van der Waals surface area contributed by atoms with E-state index in [1.807, 2.05) is 62.3 Å². The lowest BCUT2D eigenvalue weighted by atomic mass is 10.0. The highest BCUT2D eigenvalue weighted by Gasteiger charge is 2.18. The first-order chi connectivity index (χ1) is 13.9. The standard InChI is InChI=1S/C23H30N2O4/c1-16-8-6-7-9-18(16)20(26)11-13-23(27)24-15-19(25(2)3)17-10-12-21(28-4)22(14-17)29-5/h6-10,12,14,19H,11,13,15H2,1-5H3,(H,24,27). The first kappa shape index (κ1) is 22.4. The summed E-state index contributed by atoms with van der Waals surface area (Å²) in [5.41, 5.74) is 2.61. The first-order valence-corrected chi connectivity index (χ1v) is 9.61. The molecule has 0 aliphatic rings. The Morgan fingerprint density at radius 3 is 2.31 bits per heavy atom. The Bertz CT molecular complexity index is 849. The Balaban J connectivity index is 1.96. The number of nitrogens with zero attached hydrogens (tertiary/aromatic N) is 1. The number of carbonyl (C=O) groups excluding carboxylic acids is 2. The number of methoxy groups -OCH3 is 2. The van der Waals surface area contributed by atoms with Crippen LogP contribution in [0.4, 0.5) is 0 Å². The smallest absolute Gasteiger partial charge is 0.220 e. The third-order valence-corrected chi connectivity index (χ3v) is 4.93. The fourth-order valence-corrected chi connectivity index (χ4v) is 3.21. The number of likely N-dealkylation sites (N-methyl/N-ethyl adjacent to an activating group) is 1. The maximum atomic E-state index is 12.4. The van der Waals surface area contributed by atoms with Gasteiger partial charge in [-0.1, -0.05) is 30.3 Å². The third-order valence-electron chi connectivity index (χ3n) is 4.93. The SMILES string of the molecule is COc1ccc(C(CNC(=O)CCC(=O)c2ccccc2C)N(C)C)cc1OC. The molecule has 6 heteroatoms. The second-order valence-corrected chi connectivity index (χ2v) is 7.14. The monoisotopic (exact) mass is 398 g/mol. The van der Waals surface area contributed by atoms with Gasteiger partial charge in [0.2, 0.25) is 5.91 Å². The van der Waals surface area contributed by atoms with Crippen LogP contribution in [0.2, 0.25) is 0 Å². The van der Waals surface area contributed by atoms with E-state index >= 15 is 0 Å². The number of carbonyl (C=O) groups is 2. The topological polar surface area (TPSA) is 67.9 Å². The lowest BCUT2D eigenvalue weighted by Crippen LogP contribution is -2.34. The van der Waals surface area contributed by atoms with E-state index in [9.17, 15) is 9.59 Å². The van der Waals surface area contributed by atoms with Crippen molar-refractivity contribution in [2.24, 2.45) is 0 Å². The van der Waals surface area contributed by atoms with Gasteiger partial charge in [0.15, 0.2) is 17.3 Å². The summed E-state index contributed by atoms with van der Waals surface area (Å²) in [6.45, 7) is 2.33. The summed E-state index contributed by atoms with van der Waals surface area (Å²) in [5.74, 6) is 1.15. The number of rotatable bonds is 10. The Labute approximate surface area is 172 Å². The molecule has 29 heavy (non-hydrogen) atoms. The van der Waals surface area contributed by atoms with Crippen LogP contribution in [-0.4, -0.2) is 51.5 Å². The molecule has 156 valence electrons. The van der Waals surface area contributed by atoms with Crippen LogP contribution in [0.15, 0.2) is 42.5 Å². The van der Waals surface area contributed by atoms with Gasteiger partial charge in [-0.25, -0.2) is 0 Å². The Morgan fingerprint density at radius 2 is 1.69 bits per heavy atom. The van der Waals surface area contributed by atoms with Crippen LogP contribution in [0.25, 0.3) is 0 Å². The molecule has 0 spiro atoms. The molecule has 0 saturated heterocycles. The zero-order valence-electron chi connectivity index (χ0n) is 17.8. The van der Waals surface area contributed by atoms with Crippen molar-refractivity contribution in [2.45, 2.75) is 25.8 Å². The van der Waals surface area contributed by atoms with E-state index in [4.69, 9.17) is 9.47 Å². The predicted octanol–water partition coefficient (Wildman–Crippen LogP) is 3.39. The molecule has 2 aromatic rings. The van der Waals surface area contributed by atoms with Crippen LogP contribution < -0.4 is 14.8 Å². The van der Waals surface area contributed by atoms with Gasteiger partial charge in [-0.15, -0.1) is 0 Å². The molecule has 0 aliphatic carbocycles. The summed E-state index contributed by atoms with van der Waals surface area (Å²) in [6, 6.07) is 13.1. The van der Waals surface area contributed by atoms with Crippen molar-refractivity contribution in [3.63, 3.8) is 0 Å². The lowest BCUT2D eigenvalue weighted by Gasteiger charge is -2.26. The van der Waals surface area contributed by atoms with Crippen molar-refractivity contribution in [3.05, 3.63) is 59.2 Å². The highest BCUT2D eigenvalue weighted by atomic mass is 16.5. The quantitative estimate of drug-likeness (QED) is 0.622. The van der Waals surface area contributed by atoms with Gasteiger partial charge in [-0.2, -0.15) is 0 Å². The first-order valence-electron chi connectivity index (χ1n) is 9.61. The van der Waals surface area contributed by atoms with Crippen molar-refractivity contribution >= 4 is 11.7 Å². The summed E-state index contributed by atoms with van der Waals surface area (Å²) in [5, 5.41) is 2.95. The normalized spacial score (nSPS) is 11.8. The summed E-state index contributed by atoms with van der Waals surface area (Å²) in [4.78, 5) is 26.7. The van der Waals surface area contributed by atoms with E-state index in [2.05, 4.69) is 5.32 Å². The average molecular weight is 399 g/mol. The Morgan fingerprint density at radius 1 is 1.00 bits per heavy atom. The van der Waals surface area contributed by atoms with Crippen molar-refractivity contribution in [1.82, 2.24) is 10.2 Å². The molecule has 0 aliphatic heterocycles. The number of Topliss-reactive ketones (excluding diaryl/α,β-unsaturated/α-hetero) is 1. The minimum Gasteiger partial charge on any atom is -0.493 e. The number of ketones is 1. The van der Waals surface area contributed by atoms with Gasteiger partial charge < -0.3 is 19.7 Å². The van der Waals surface area contributed by atoms with Gasteiger partial charge in [0, 0.05) is 24.9 Å². The number of hydrogen-bond acceptors (Lipinski definition) is 5. The van der Waals surface area contributed by atoms with Crippen LogP contribution >= 0.6 is 0 Å². The second kappa shape index (κ2) is 10.6. The van der Waals surface area contributed by atoms with E-state index in [1.165, 1.54) is 0 Å². The molecule has 1 unspecified atom stereocenters. The highest BCUT2D eigenvalue weighted by molar-refractivity contribution is 5.99. The highest BCUT2D eigenvalue weighted by Crippen LogP contribution is 2.31. The van der Waals surface area contributed by atoms with Gasteiger partial charge in [-0.05, 0) is 44.3 Å². The van der Waals surface area contributed by atoms with E-state index < -0.39 is 0 Å². The van der Waals surface area contributed by atoms with E-state index in [-0.39, 0.29) is 30.6 Å². The average Bonchev–Trinajstić information content (AvgIpc) is 2.72. The van der Waals surface area contributed by atoms with E-state index in [0.717, 1.165) is 11.1 Å². The molecule has 0 radical (unpaired) electrons. The van der Waals surface area contributed by atoms with Gasteiger partial charge in [0.05, 0.1) is 20.3 Å². The summed E-state index contributed by atoms with van der Waals surface area (Å²) in [6.07, 6.45) is 0.360. The van der Waals surface area contributed by atoms with Crippen LogP contribution in [0.5, 0.6) is 11.5 Å². The number of aryl methyl sites for hydroxylation is 1. The molecular weight excluding hydrogens is 368 g/mol. The molecule has 0 fully saturated rings. The number of benzene rings is 2. The summed E-state index contributed by atoms with van der Waals surface area (Å²) in [7, 11) is 7.10. The van der Waals surface area contributed by atoms with Gasteiger partial charge in [0.1, 0.15) is 0 Å². The zero-order valence-corrected chi connectivity index (χ0v) is 17.8. The number of nitrogens with one attached hydrogen (secondary N) is 1. The van der Waals surface area contributed by atoms with Crippen LogP contribution in [0, 0.1) is 6.92 Å². The fourth-order valence-electron chi connectivity index (χ4n) is 3.21. The van der Waals surface area contributed by atoms with Gasteiger partial charge in [0.25, 0.3) is 0 Å². The maximum absolute atomic E-state index is 12.4. The molecule has 6 nitrogen and oxygen atoms in total. The molecule has 2 aromatic carbocycles. The molecule has 0 saturated carbocycles.